The molecule has 0 saturated heterocycles. The lowest BCUT2D eigenvalue weighted by Gasteiger charge is -2.31. The number of fused-ring (bicyclic) bond motifs is 1. The van der Waals surface area contributed by atoms with Crippen molar-refractivity contribution in [3.8, 4) is 6.07 Å². The molecule has 0 unspecified atom stereocenters. The molecule has 0 N–H and O–H groups in total. The summed E-state index contributed by atoms with van der Waals surface area (Å²) in [5.41, 5.74) is 2.12. The first-order valence-electron chi connectivity index (χ1n) is 6.26. The van der Waals surface area contributed by atoms with E-state index in [2.05, 4.69) is 16.0 Å². The van der Waals surface area contributed by atoms with Gasteiger partial charge in [-0.05, 0) is 26.8 Å². The molecule has 0 radical (unpaired) electrons. The highest BCUT2D eigenvalue weighted by molar-refractivity contribution is 5.59. The molecule has 0 amide bonds. The molecule has 0 fully saturated rings. The average molecular weight is 259 g/mol. The molecule has 2 heterocycles. The fourth-order valence-corrected chi connectivity index (χ4v) is 1.93. The zero-order valence-electron chi connectivity index (χ0n) is 11.4. The van der Waals surface area contributed by atoms with Crippen molar-refractivity contribution >= 4 is 12.2 Å². The maximum absolute atomic E-state index is 9.13. The van der Waals surface area contributed by atoms with Crippen molar-refractivity contribution in [1.29, 1.82) is 5.26 Å². The van der Waals surface area contributed by atoms with Gasteiger partial charge in [-0.25, -0.2) is 4.98 Å². The Morgan fingerprint density at radius 3 is 3.11 bits per heavy atom. The van der Waals surface area contributed by atoms with Crippen molar-refractivity contribution < 1.29 is 9.47 Å². The predicted molar refractivity (Wildman–Crippen MR) is 71.3 cm³/mol. The fourth-order valence-electron chi connectivity index (χ4n) is 1.93. The predicted octanol–water partition coefficient (Wildman–Crippen LogP) is 2.50. The monoisotopic (exact) mass is 259 g/mol. The van der Waals surface area contributed by atoms with Crippen LogP contribution in [0.25, 0.3) is 0 Å². The zero-order chi connectivity index (χ0) is 13.9. The molecular formula is C14H17N3O2. The van der Waals surface area contributed by atoms with Gasteiger partial charge in [0.05, 0.1) is 30.1 Å². The van der Waals surface area contributed by atoms with Gasteiger partial charge in [0.1, 0.15) is 6.07 Å². The number of aromatic nitrogens is 1. The Bertz CT molecular complexity index is 544. The van der Waals surface area contributed by atoms with Gasteiger partial charge in [-0.1, -0.05) is 0 Å². The summed E-state index contributed by atoms with van der Waals surface area (Å²) in [6.07, 6.45) is 2.05. The van der Waals surface area contributed by atoms with Crippen LogP contribution >= 0.6 is 0 Å². The molecule has 100 valence electrons. The molecule has 1 aliphatic heterocycles. The summed E-state index contributed by atoms with van der Waals surface area (Å²) in [5, 5.41) is 9.13. The van der Waals surface area contributed by atoms with E-state index in [1.165, 1.54) is 6.40 Å². The summed E-state index contributed by atoms with van der Waals surface area (Å²) in [7, 11) is 0. The first kappa shape index (κ1) is 13.5. The lowest BCUT2D eigenvalue weighted by atomic mass is 9.95. The standard InChI is InChI=1S/C14H17N3O2/c1-4-18-9-16-13-10(7-15)5-11-8-19-14(2,3)6-12(11)17-13/h5,9H,4,6,8H2,1-3H3. The van der Waals surface area contributed by atoms with Crippen LogP contribution in [0.1, 0.15) is 37.6 Å². The highest BCUT2D eigenvalue weighted by atomic mass is 16.5. The van der Waals surface area contributed by atoms with E-state index in [-0.39, 0.29) is 5.60 Å². The summed E-state index contributed by atoms with van der Waals surface area (Å²) >= 11 is 0. The molecule has 1 aliphatic rings. The summed E-state index contributed by atoms with van der Waals surface area (Å²) in [5.74, 6) is 0.410. The molecule has 0 aliphatic carbocycles. The lowest BCUT2D eigenvalue weighted by molar-refractivity contribution is -0.0412. The number of hydrogen-bond donors (Lipinski definition) is 0. The smallest absolute Gasteiger partial charge is 0.176 e. The van der Waals surface area contributed by atoms with Gasteiger partial charge in [0, 0.05) is 12.0 Å². The van der Waals surface area contributed by atoms with Gasteiger partial charge in [0.15, 0.2) is 12.2 Å². The summed E-state index contributed by atoms with van der Waals surface area (Å²) in [4.78, 5) is 8.57. The van der Waals surface area contributed by atoms with Gasteiger partial charge in [-0.3, -0.25) is 0 Å². The topological polar surface area (TPSA) is 67.5 Å². The van der Waals surface area contributed by atoms with Gasteiger partial charge < -0.3 is 9.47 Å². The van der Waals surface area contributed by atoms with Crippen molar-refractivity contribution in [3.05, 3.63) is 22.9 Å². The molecule has 19 heavy (non-hydrogen) atoms. The largest absolute Gasteiger partial charge is 0.483 e. The lowest BCUT2D eigenvalue weighted by Crippen LogP contribution is -2.32. The third-order valence-electron chi connectivity index (χ3n) is 2.92. The quantitative estimate of drug-likeness (QED) is 0.618. The van der Waals surface area contributed by atoms with Gasteiger partial charge in [-0.2, -0.15) is 10.3 Å². The number of nitriles is 1. The van der Waals surface area contributed by atoms with E-state index in [0.717, 1.165) is 11.3 Å². The number of rotatable bonds is 3. The first-order chi connectivity index (χ1) is 9.05. The molecule has 0 saturated carbocycles. The molecule has 0 bridgehead atoms. The summed E-state index contributed by atoms with van der Waals surface area (Å²) < 4.78 is 10.8. The minimum Gasteiger partial charge on any atom is -0.483 e. The molecule has 0 atom stereocenters. The normalized spacial score (nSPS) is 16.9. The molecule has 0 spiro atoms. The SMILES string of the molecule is CCOC=Nc1nc2c(cc1C#N)COC(C)(C)C2. The maximum Gasteiger partial charge on any atom is 0.176 e. The van der Waals surface area contributed by atoms with Crippen LogP contribution in [0, 0.1) is 11.3 Å². The number of hydrogen-bond acceptors (Lipinski definition) is 5. The van der Waals surface area contributed by atoms with E-state index in [0.29, 0.717) is 31.0 Å². The minimum absolute atomic E-state index is 0.227. The summed E-state index contributed by atoms with van der Waals surface area (Å²) in [6, 6.07) is 3.91. The van der Waals surface area contributed by atoms with Crippen LogP contribution in [-0.2, 0) is 22.5 Å². The Labute approximate surface area is 112 Å². The zero-order valence-corrected chi connectivity index (χ0v) is 11.4. The van der Waals surface area contributed by atoms with Crippen LogP contribution in [0.15, 0.2) is 11.1 Å². The van der Waals surface area contributed by atoms with Gasteiger partial charge in [0.25, 0.3) is 0 Å². The van der Waals surface area contributed by atoms with Crippen molar-refractivity contribution in [2.75, 3.05) is 6.61 Å². The highest BCUT2D eigenvalue weighted by Crippen LogP contribution is 2.29. The Hall–Kier alpha value is -1.93. The van der Waals surface area contributed by atoms with Crippen molar-refractivity contribution in [3.63, 3.8) is 0 Å². The maximum atomic E-state index is 9.13. The molecule has 1 aromatic rings. The van der Waals surface area contributed by atoms with Crippen LogP contribution in [-0.4, -0.2) is 23.6 Å². The Morgan fingerprint density at radius 2 is 2.42 bits per heavy atom. The second-order valence-electron chi connectivity index (χ2n) is 4.99. The Kier molecular flexibility index (Phi) is 3.82. The number of ether oxygens (including phenoxy) is 2. The van der Waals surface area contributed by atoms with Crippen molar-refractivity contribution in [1.82, 2.24) is 4.98 Å². The van der Waals surface area contributed by atoms with Crippen LogP contribution in [0.2, 0.25) is 0 Å². The third-order valence-corrected chi connectivity index (χ3v) is 2.92. The molecule has 2 rings (SSSR count). The molecular weight excluding hydrogens is 242 g/mol. The Morgan fingerprint density at radius 1 is 1.63 bits per heavy atom. The van der Waals surface area contributed by atoms with E-state index in [4.69, 9.17) is 14.7 Å². The van der Waals surface area contributed by atoms with Crippen LogP contribution < -0.4 is 0 Å². The minimum atomic E-state index is -0.227. The third kappa shape index (κ3) is 3.09. The first-order valence-corrected chi connectivity index (χ1v) is 6.26. The van der Waals surface area contributed by atoms with Crippen molar-refractivity contribution in [2.45, 2.75) is 39.4 Å². The molecule has 5 nitrogen and oxygen atoms in total. The van der Waals surface area contributed by atoms with Crippen molar-refractivity contribution in [2.24, 2.45) is 4.99 Å². The average Bonchev–Trinajstić information content (AvgIpc) is 2.37. The molecule has 5 heteroatoms. The van der Waals surface area contributed by atoms with Crippen LogP contribution in [0.5, 0.6) is 0 Å². The van der Waals surface area contributed by atoms with Gasteiger partial charge >= 0.3 is 0 Å². The number of nitrogens with zero attached hydrogens (tertiary/aromatic N) is 3. The van der Waals surface area contributed by atoms with Crippen LogP contribution in [0.3, 0.4) is 0 Å². The molecule has 0 aromatic carbocycles. The van der Waals surface area contributed by atoms with E-state index >= 15 is 0 Å². The number of aliphatic imine (C=N–C) groups is 1. The molecule has 1 aromatic heterocycles. The Balaban J connectivity index is 2.37. The van der Waals surface area contributed by atoms with Crippen LogP contribution in [0.4, 0.5) is 5.82 Å². The van der Waals surface area contributed by atoms with E-state index in [9.17, 15) is 0 Å². The van der Waals surface area contributed by atoms with Gasteiger partial charge in [-0.15, -0.1) is 0 Å². The fraction of sp³-hybridized carbons (Fsp3) is 0.500. The highest BCUT2D eigenvalue weighted by Gasteiger charge is 2.28. The second kappa shape index (κ2) is 5.37. The van der Waals surface area contributed by atoms with E-state index in [1.54, 1.807) is 6.07 Å². The number of pyridine rings is 1. The van der Waals surface area contributed by atoms with Gasteiger partial charge in [0.2, 0.25) is 0 Å². The second-order valence-corrected chi connectivity index (χ2v) is 4.99. The van der Waals surface area contributed by atoms with E-state index in [1.807, 2.05) is 20.8 Å². The summed E-state index contributed by atoms with van der Waals surface area (Å²) in [6.45, 7) is 6.95. The van der Waals surface area contributed by atoms with E-state index < -0.39 is 0 Å².